The molecule has 3 aromatic rings. The average Bonchev–Trinajstić information content (AvgIpc) is 2.82. The third kappa shape index (κ3) is 5.39. The fourth-order valence-corrected chi connectivity index (χ4v) is 3.52. The van der Waals surface area contributed by atoms with Crippen molar-refractivity contribution in [3.05, 3.63) is 83.9 Å². The molecular formula is C26H28N2O4. The molecule has 2 amide bonds. The van der Waals surface area contributed by atoms with Gasteiger partial charge in [-0.1, -0.05) is 86.6 Å². The Bertz CT molecular complexity index is 1080. The highest BCUT2D eigenvalue weighted by atomic mass is 16.6. The molecule has 2 N–H and O–H groups in total. The molecule has 32 heavy (non-hydrogen) atoms. The van der Waals surface area contributed by atoms with Gasteiger partial charge in [-0.2, -0.15) is 0 Å². The predicted octanol–water partition coefficient (Wildman–Crippen LogP) is 4.10. The van der Waals surface area contributed by atoms with Crippen molar-refractivity contribution in [1.29, 1.82) is 0 Å². The highest BCUT2D eigenvalue weighted by Gasteiger charge is 2.35. The number of amides is 2. The molecule has 0 fully saturated rings. The Morgan fingerprint density at radius 1 is 0.969 bits per heavy atom. The first-order valence-electron chi connectivity index (χ1n) is 10.6. The number of hydrogen-bond acceptors (Lipinski definition) is 5. The first-order valence-corrected chi connectivity index (χ1v) is 10.6. The number of carbonyl (C=O) groups excluding carboxylic acids is 3. The molecule has 0 saturated carbocycles. The molecule has 0 spiro atoms. The van der Waals surface area contributed by atoms with Crippen LogP contribution in [0.1, 0.15) is 25.0 Å². The molecule has 2 atom stereocenters. The molecule has 0 aliphatic rings. The number of fused-ring (bicyclic) bond motifs is 1. The topological polar surface area (TPSA) is 89.7 Å². The van der Waals surface area contributed by atoms with E-state index in [1.807, 2.05) is 72.8 Å². The van der Waals surface area contributed by atoms with Crippen molar-refractivity contribution in [2.24, 2.45) is 11.7 Å². The summed E-state index contributed by atoms with van der Waals surface area (Å²) >= 11 is 0. The predicted molar refractivity (Wildman–Crippen MR) is 124 cm³/mol. The van der Waals surface area contributed by atoms with E-state index in [9.17, 15) is 14.4 Å². The molecule has 0 heterocycles. The Labute approximate surface area is 188 Å². The minimum absolute atomic E-state index is 0.0137. The zero-order chi connectivity index (χ0) is 23.1. The molecule has 3 aromatic carbocycles. The van der Waals surface area contributed by atoms with Gasteiger partial charge in [-0.3, -0.25) is 4.79 Å². The number of rotatable bonds is 8. The lowest BCUT2D eigenvalue weighted by molar-refractivity contribution is -0.136. The number of nitrogens with zero attached hydrogens (tertiary/aromatic N) is 1. The van der Waals surface area contributed by atoms with E-state index in [0.29, 0.717) is 6.29 Å². The summed E-state index contributed by atoms with van der Waals surface area (Å²) in [7, 11) is 0. The lowest BCUT2D eigenvalue weighted by atomic mass is 9.97. The van der Waals surface area contributed by atoms with Gasteiger partial charge in [-0.25, -0.2) is 9.69 Å². The second kappa shape index (κ2) is 10.7. The number of aldehydes is 1. The van der Waals surface area contributed by atoms with E-state index in [1.54, 1.807) is 13.8 Å². The van der Waals surface area contributed by atoms with Crippen LogP contribution in [0.15, 0.2) is 72.8 Å². The van der Waals surface area contributed by atoms with Crippen molar-refractivity contribution >= 4 is 29.1 Å². The second-order valence-electron chi connectivity index (χ2n) is 8.06. The van der Waals surface area contributed by atoms with E-state index in [4.69, 9.17) is 10.5 Å². The summed E-state index contributed by atoms with van der Waals surface area (Å²) in [6, 6.07) is 20.7. The van der Waals surface area contributed by atoms with Gasteiger partial charge in [0.05, 0.1) is 6.04 Å². The zero-order valence-corrected chi connectivity index (χ0v) is 18.3. The van der Waals surface area contributed by atoms with Gasteiger partial charge in [0, 0.05) is 6.42 Å². The van der Waals surface area contributed by atoms with Crippen LogP contribution in [0.3, 0.4) is 0 Å². The van der Waals surface area contributed by atoms with Crippen molar-refractivity contribution in [1.82, 2.24) is 4.90 Å². The third-order valence-electron chi connectivity index (χ3n) is 5.44. The Kier molecular flexibility index (Phi) is 7.73. The van der Waals surface area contributed by atoms with Crippen molar-refractivity contribution in [3.63, 3.8) is 0 Å². The molecular weight excluding hydrogens is 404 g/mol. The van der Waals surface area contributed by atoms with Gasteiger partial charge >= 0.3 is 6.09 Å². The molecule has 0 aliphatic heterocycles. The highest BCUT2D eigenvalue weighted by Crippen LogP contribution is 2.22. The van der Waals surface area contributed by atoms with Crippen LogP contribution in [-0.4, -0.2) is 35.3 Å². The molecule has 3 rings (SSSR count). The maximum absolute atomic E-state index is 13.1. The Morgan fingerprint density at radius 2 is 1.62 bits per heavy atom. The summed E-state index contributed by atoms with van der Waals surface area (Å²) in [4.78, 5) is 39.1. The average molecular weight is 433 g/mol. The van der Waals surface area contributed by atoms with Gasteiger partial charge in [0.15, 0.2) is 0 Å². The number of ether oxygens (including phenoxy) is 1. The smallest absolute Gasteiger partial charge is 0.417 e. The number of nitrogens with two attached hydrogens (primary N) is 1. The lowest BCUT2D eigenvalue weighted by Crippen LogP contribution is -2.54. The van der Waals surface area contributed by atoms with E-state index < -0.39 is 24.1 Å². The largest absolute Gasteiger partial charge is 0.444 e. The fraction of sp³-hybridized carbons (Fsp3) is 0.269. The monoisotopic (exact) mass is 432 g/mol. The van der Waals surface area contributed by atoms with Crippen molar-refractivity contribution in [2.75, 3.05) is 0 Å². The van der Waals surface area contributed by atoms with Crippen LogP contribution in [0.5, 0.6) is 0 Å². The maximum atomic E-state index is 13.1. The molecule has 166 valence electrons. The minimum atomic E-state index is -1.04. The first-order chi connectivity index (χ1) is 15.4. The Hall–Kier alpha value is -3.51. The van der Waals surface area contributed by atoms with Crippen LogP contribution in [0.4, 0.5) is 4.79 Å². The normalized spacial score (nSPS) is 12.9. The molecule has 6 heteroatoms. The van der Waals surface area contributed by atoms with Crippen molar-refractivity contribution in [2.45, 2.75) is 39.0 Å². The van der Waals surface area contributed by atoms with E-state index in [2.05, 4.69) is 0 Å². The van der Waals surface area contributed by atoms with Gasteiger partial charge in [0.25, 0.3) is 0 Å². The highest BCUT2D eigenvalue weighted by molar-refractivity contribution is 5.98. The summed E-state index contributed by atoms with van der Waals surface area (Å²) in [5.74, 6) is -0.841. The van der Waals surface area contributed by atoms with Crippen LogP contribution >= 0.6 is 0 Å². The van der Waals surface area contributed by atoms with Crippen molar-refractivity contribution < 1.29 is 19.1 Å². The van der Waals surface area contributed by atoms with Crippen LogP contribution in [0, 0.1) is 5.92 Å². The molecule has 1 unspecified atom stereocenters. The Balaban J connectivity index is 1.89. The van der Waals surface area contributed by atoms with E-state index in [0.717, 1.165) is 26.8 Å². The first kappa shape index (κ1) is 23.2. The molecule has 0 saturated heterocycles. The standard InChI is InChI=1S/C26H28N2O4/c1-18(2)24(27)25(30)28(26(31)32-17-19-9-4-3-5-10-19)22(16-29)15-21-13-8-12-20-11-6-7-14-23(20)21/h3-14,16,18,22,24H,15,17,27H2,1-2H3/t22?,24-/m0/s1. The SMILES string of the molecule is CC(C)[C@H](N)C(=O)N(C(=O)OCc1ccccc1)C(C=O)Cc1cccc2ccccc12. The summed E-state index contributed by atoms with van der Waals surface area (Å²) in [6.45, 7) is 3.56. The van der Waals surface area contributed by atoms with Crippen LogP contribution in [0.25, 0.3) is 10.8 Å². The molecule has 0 aromatic heterocycles. The fourth-order valence-electron chi connectivity index (χ4n) is 3.52. The number of carbonyl (C=O) groups is 3. The minimum Gasteiger partial charge on any atom is -0.444 e. The van der Waals surface area contributed by atoms with Crippen molar-refractivity contribution in [3.8, 4) is 0 Å². The van der Waals surface area contributed by atoms with E-state index in [-0.39, 0.29) is 18.9 Å². The van der Waals surface area contributed by atoms with E-state index in [1.165, 1.54) is 0 Å². The summed E-state index contributed by atoms with van der Waals surface area (Å²) < 4.78 is 5.40. The van der Waals surface area contributed by atoms with Gasteiger partial charge in [0.1, 0.15) is 18.9 Å². The van der Waals surface area contributed by atoms with E-state index >= 15 is 0 Å². The second-order valence-corrected chi connectivity index (χ2v) is 8.06. The van der Waals surface area contributed by atoms with Crippen LogP contribution in [-0.2, 0) is 27.4 Å². The van der Waals surface area contributed by atoms with Gasteiger partial charge < -0.3 is 15.3 Å². The zero-order valence-electron chi connectivity index (χ0n) is 18.3. The van der Waals surface area contributed by atoms with Gasteiger partial charge in [-0.05, 0) is 27.8 Å². The van der Waals surface area contributed by atoms with Crippen LogP contribution in [0.2, 0.25) is 0 Å². The lowest BCUT2D eigenvalue weighted by Gasteiger charge is -2.29. The summed E-state index contributed by atoms with van der Waals surface area (Å²) in [6.07, 6.45) is -0.106. The number of imide groups is 1. The van der Waals surface area contributed by atoms with Crippen LogP contribution < -0.4 is 5.73 Å². The summed E-state index contributed by atoms with van der Waals surface area (Å²) in [5.41, 5.74) is 7.70. The van der Waals surface area contributed by atoms with Gasteiger partial charge in [-0.15, -0.1) is 0 Å². The molecule has 0 bridgehead atoms. The third-order valence-corrected chi connectivity index (χ3v) is 5.44. The number of hydrogen-bond donors (Lipinski definition) is 1. The molecule has 6 nitrogen and oxygen atoms in total. The quantitative estimate of drug-likeness (QED) is 0.541. The molecule has 0 aliphatic carbocycles. The summed E-state index contributed by atoms with van der Waals surface area (Å²) in [5, 5.41) is 1.97. The maximum Gasteiger partial charge on any atom is 0.417 e. The molecule has 0 radical (unpaired) electrons. The Morgan fingerprint density at radius 3 is 2.31 bits per heavy atom. The van der Waals surface area contributed by atoms with Gasteiger partial charge in [0.2, 0.25) is 5.91 Å². The number of benzene rings is 3.